The molecule has 3 saturated heterocycles. The third-order valence-corrected chi connectivity index (χ3v) is 17.9. The zero-order chi connectivity index (χ0) is 50.0. The number of likely N-dealkylation sites (N-methyl/N-ethyl adjacent to an activating group) is 1. The summed E-state index contributed by atoms with van der Waals surface area (Å²) in [5.74, 6) is 0.0337. The van der Waals surface area contributed by atoms with E-state index in [1.165, 1.54) is 35.3 Å². The molecule has 18 heteroatoms. The number of thioether (sulfide) groups is 1. The summed E-state index contributed by atoms with van der Waals surface area (Å²) in [6.45, 7) is 15.9. The predicted molar refractivity (Wildman–Crippen MR) is 283 cm³/mol. The van der Waals surface area contributed by atoms with Gasteiger partial charge in [0.15, 0.2) is 0 Å². The Morgan fingerprint density at radius 3 is 2.27 bits per heavy atom. The first-order valence-electron chi connectivity index (χ1n) is 24.7. The molecule has 0 radical (unpaired) electrons. The van der Waals surface area contributed by atoms with Gasteiger partial charge in [-0.3, -0.25) is 19.3 Å². The molecule has 4 aromatic carbocycles. The Morgan fingerprint density at radius 2 is 1.55 bits per heavy atom. The van der Waals surface area contributed by atoms with Crippen molar-refractivity contribution in [3.8, 4) is 0 Å². The summed E-state index contributed by atoms with van der Waals surface area (Å²) in [5.41, 5.74) is 0.148. The largest absolute Gasteiger partial charge is 0.501 e. The van der Waals surface area contributed by atoms with E-state index in [1.807, 2.05) is 54.6 Å². The lowest BCUT2D eigenvalue weighted by Gasteiger charge is -2.42. The molecule has 0 bridgehead atoms. The van der Waals surface area contributed by atoms with Gasteiger partial charge in [-0.1, -0.05) is 54.4 Å². The van der Waals surface area contributed by atoms with E-state index in [4.69, 9.17) is 16.3 Å². The molecule has 0 saturated carbocycles. The number of benzene rings is 4. The first-order valence-corrected chi connectivity index (χ1v) is 28.4. The van der Waals surface area contributed by atoms with E-state index in [0.29, 0.717) is 37.5 Å². The molecule has 71 heavy (non-hydrogen) atoms. The maximum atomic E-state index is 14.2. The Morgan fingerprint density at radius 1 is 0.831 bits per heavy atom. The molecule has 2 atom stereocenters. The Bertz CT molecular complexity index is 2530. The number of allylic oxidation sites excluding steroid dienone is 1. The Kier molecular flexibility index (Phi) is 18.5. The van der Waals surface area contributed by atoms with E-state index >= 15 is 0 Å². The fourth-order valence-corrected chi connectivity index (χ4v) is 12.9. The van der Waals surface area contributed by atoms with Crippen molar-refractivity contribution in [3.63, 3.8) is 0 Å². The van der Waals surface area contributed by atoms with E-state index in [9.17, 15) is 26.4 Å². The molecule has 8 rings (SSSR count). The first kappa shape index (κ1) is 53.5. The molecule has 1 unspecified atom stereocenters. The number of halogens is 4. The van der Waals surface area contributed by atoms with Crippen molar-refractivity contribution < 1.29 is 31.1 Å². The van der Waals surface area contributed by atoms with Crippen molar-refractivity contribution >= 4 is 68.0 Å². The summed E-state index contributed by atoms with van der Waals surface area (Å²) in [4.78, 5) is 25.9. The van der Waals surface area contributed by atoms with E-state index < -0.39 is 26.1 Å². The van der Waals surface area contributed by atoms with Gasteiger partial charge in [-0.25, -0.2) is 8.42 Å². The Labute approximate surface area is 431 Å². The number of sulfone groups is 1. The van der Waals surface area contributed by atoms with E-state index in [2.05, 4.69) is 60.6 Å². The quantitative estimate of drug-likeness (QED) is 0.0734. The Hall–Kier alpha value is -3.78. The van der Waals surface area contributed by atoms with Crippen LogP contribution >= 0.6 is 35.3 Å². The number of alkyl halides is 3. The lowest BCUT2D eigenvalue weighted by atomic mass is 9.71. The zero-order valence-corrected chi connectivity index (χ0v) is 44.0. The number of hydrogen-bond acceptors (Lipinski definition) is 12. The second-order valence-electron chi connectivity index (χ2n) is 19.7. The van der Waals surface area contributed by atoms with Crippen molar-refractivity contribution in [2.45, 2.75) is 65.3 Å². The fourth-order valence-electron chi connectivity index (χ4n) is 10.1. The van der Waals surface area contributed by atoms with Crippen LogP contribution in [0.15, 0.2) is 117 Å². The van der Waals surface area contributed by atoms with Crippen LogP contribution in [0, 0.1) is 5.41 Å². The molecule has 4 aromatic rings. The second kappa shape index (κ2) is 24.5. The lowest BCUT2D eigenvalue weighted by molar-refractivity contribution is -0.0435. The van der Waals surface area contributed by atoms with Crippen LogP contribution in [-0.4, -0.2) is 157 Å². The van der Waals surface area contributed by atoms with Gasteiger partial charge in [-0.15, -0.1) is 11.8 Å². The van der Waals surface area contributed by atoms with Gasteiger partial charge in [0.1, 0.15) is 4.90 Å². The van der Waals surface area contributed by atoms with Gasteiger partial charge >= 0.3 is 5.51 Å². The molecule has 11 nitrogen and oxygen atoms in total. The number of ether oxygens (including phenoxy) is 1. The number of morpholine rings is 1. The van der Waals surface area contributed by atoms with Crippen LogP contribution in [0.3, 0.4) is 0 Å². The number of carbonyl (C=O) groups is 1. The molecular weight excluding hydrogens is 987 g/mol. The van der Waals surface area contributed by atoms with E-state index in [0.717, 1.165) is 131 Å². The second-order valence-corrected chi connectivity index (χ2v) is 24.0. The average molecular weight is 1050 g/mol. The first-order chi connectivity index (χ1) is 34.1. The summed E-state index contributed by atoms with van der Waals surface area (Å²) in [7, 11) is -3.54. The van der Waals surface area contributed by atoms with Crippen LogP contribution in [0.5, 0.6) is 0 Å². The molecule has 4 aliphatic rings. The summed E-state index contributed by atoms with van der Waals surface area (Å²) in [5, 5.41) is 3.91. The third-order valence-electron chi connectivity index (χ3n) is 14.2. The molecule has 384 valence electrons. The zero-order valence-electron chi connectivity index (χ0n) is 40.8. The monoisotopic (exact) mass is 1050 g/mol. The highest BCUT2D eigenvalue weighted by molar-refractivity contribution is 7.99. The summed E-state index contributed by atoms with van der Waals surface area (Å²) < 4.78 is 77.0. The van der Waals surface area contributed by atoms with Gasteiger partial charge in [0.2, 0.25) is 0 Å². The maximum Gasteiger partial charge on any atom is 0.501 e. The Balaban J connectivity index is 0.885. The van der Waals surface area contributed by atoms with Gasteiger partial charge in [-0.2, -0.15) is 13.2 Å². The highest BCUT2D eigenvalue weighted by Crippen LogP contribution is 2.44. The number of carbonyl (C=O) groups excluding carboxylic acids is 1. The minimum absolute atomic E-state index is 0.140. The van der Waals surface area contributed by atoms with Gasteiger partial charge in [0, 0.05) is 110 Å². The number of piperazine rings is 1. The maximum absolute atomic E-state index is 14.2. The number of nitrogens with zero attached hydrogens (tertiary/aromatic N) is 5. The van der Waals surface area contributed by atoms with E-state index in [1.54, 1.807) is 23.9 Å². The van der Waals surface area contributed by atoms with Crippen molar-refractivity contribution in [2.24, 2.45) is 5.41 Å². The minimum atomic E-state index is -5.76. The molecule has 0 spiro atoms. The summed E-state index contributed by atoms with van der Waals surface area (Å²) in [6.07, 6.45) is 5.05. The van der Waals surface area contributed by atoms with Crippen LogP contribution in [0.1, 0.15) is 54.9 Å². The highest BCUT2D eigenvalue weighted by Gasteiger charge is 2.48. The fraction of sp³-hybridized carbons (Fsp3) is 0.491. The number of hydrogen-bond donors (Lipinski definition) is 2. The van der Waals surface area contributed by atoms with Crippen molar-refractivity contribution in [1.29, 1.82) is 0 Å². The molecular formula is C53H67ClF3N7O4S3. The standard InChI is InChI=1S/C53H67ClF3N7O4S3/c1-52(39-63-23-6-22-60(2)25-26-63)21-19-48(40-9-13-43(54)14-10-40)42(36-52)37-62-27-29-64(30-28-62)45-15-11-41(12-16-45)51(65)59-70-47-17-18-49(50(35-47)71(66,67)53(55,56)57)58-44(20-24-61-31-33-68-34-32-61)38-69-46-7-4-3-5-8-46/h3-5,7-18,35,44,58H,6,19-34,36-39H2,1-2H3,(H,59,65)/t44-,52?/m1/s1. The number of amides is 1. The normalized spacial score (nSPS) is 21.0. The van der Waals surface area contributed by atoms with Gasteiger partial charge in [0.25, 0.3) is 15.7 Å². The molecule has 3 aliphatic heterocycles. The minimum Gasteiger partial charge on any atom is -0.380 e. The number of anilines is 2. The van der Waals surface area contributed by atoms with Gasteiger partial charge in [-0.05, 0) is 147 Å². The topological polar surface area (TPSA) is 101 Å². The smallest absolute Gasteiger partial charge is 0.380 e. The lowest BCUT2D eigenvalue weighted by Crippen LogP contribution is -2.47. The SMILES string of the molecule is CN1CCCN(CC2(C)CCC(c3ccc(Cl)cc3)=C(CN3CCN(c4ccc(C(=O)NSc5ccc(N[C@H](CCN6CCOCC6)CSc6ccccc6)c(S(=O)(=O)C(F)(F)F)c5)cc4)CC3)C2)CC1. The number of nitrogens with one attached hydrogen (secondary N) is 2. The van der Waals surface area contributed by atoms with Crippen molar-refractivity contribution in [2.75, 3.05) is 121 Å². The molecule has 3 heterocycles. The highest BCUT2D eigenvalue weighted by atomic mass is 35.5. The summed E-state index contributed by atoms with van der Waals surface area (Å²) in [6, 6.07) is 28.8. The molecule has 1 aliphatic carbocycles. The average Bonchev–Trinajstić information content (AvgIpc) is 3.57. The van der Waals surface area contributed by atoms with Crippen molar-refractivity contribution in [3.05, 3.63) is 119 Å². The van der Waals surface area contributed by atoms with Crippen molar-refractivity contribution in [1.82, 2.24) is 24.3 Å². The third kappa shape index (κ3) is 14.7. The summed E-state index contributed by atoms with van der Waals surface area (Å²) >= 11 is 8.64. The van der Waals surface area contributed by atoms with Gasteiger partial charge in [0.05, 0.1) is 18.9 Å². The molecule has 0 aromatic heterocycles. The number of rotatable bonds is 18. The molecule has 1 amide bonds. The van der Waals surface area contributed by atoms with Gasteiger partial charge < -0.3 is 24.8 Å². The molecule has 2 N–H and O–H groups in total. The predicted octanol–water partition coefficient (Wildman–Crippen LogP) is 9.77. The van der Waals surface area contributed by atoms with E-state index in [-0.39, 0.29) is 22.0 Å². The van der Waals surface area contributed by atoms with Crippen LogP contribution in [0.25, 0.3) is 5.57 Å². The molecule has 3 fully saturated rings. The van der Waals surface area contributed by atoms with Crippen LogP contribution in [0.4, 0.5) is 24.5 Å². The van der Waals surface area contributed by atoms with Crippen LogP contribution in [-0.2, 0) is 14.6 Å². The van der Waals surface area contributed by atoms with Crippen LogP contribution in [0.2, 0.25) is 5.02 Å². The van der Waals surface area contributed by atoms with Crippen LogP contribution < -0.4 is 14.9 Å².